The highest BCUT2D eigenvalue weighted by Crippen LogP contribution is 2.27. The lowest BCUT2D eigenvalue weighted by Crippen LogP contribution is -2.32. The number of nitrogens with one attached hydrogen (secondary N) is 2. The van der Waals surface area contributed by atoms with E-state index in [1.165, 1.54) is 13.2 Å². The topological polar surface area (TPSA) is 67.4 Å². The summed E-state index contributed by atoms with van der Waals surface area (Å²) < 4.78 is 5.03. The molecule has 0 saturated carbocycles. The molecule has 0 aliphatic heterocycles. The van der Waals surface area contributed by atoms with Gasteiger partial charge < -0.3 is 15.4 Å². The van der Waals surface area contributed by atoms with Crippen LogP contribution in [0.25, 0.3) is 0 Å². The zero-order chi connectivity index (χ0) is 16.8. The molecule has 0 atom stereocenters. The van der Waals surface area contributed by atoms with Crippen LogP contribution in [0, 0.1) is 0 Å². The zero-order valence-corrected chi connectivity index (χ0v) is 13.7. The summed E-state index contributed by atoms with van der Waals surface area (Å²) in [7, 11) is 1.50. The lowest BCUT2D eigenvalue weighted by Gasteiger charge is -2.09. The van der Waals surface area contributed by atoms with Crippen molar-refractivity contribution in [2.24, 2.45) is 0 Å². The third kappa shape index (κ3) is 4.87. The summed E-state index contributed by atoms with van der Waals surface area (Å²) in [5.41, 5.74) is 0.899. The van der Waals surface area contributed by atoms with E-state index in [0.29, 0.717) is 27.0 Å². The fraction of sp³-hybridized carbons (Fsp3) is 0.125. The van der Waals surface area contributed by atoms with Crippen LogP contribution in [0.15, 0.2) is 42.5 Å². The Balaban J connectivity index is 1.90. The zero-order valence-electron chi connectivity index (χ0n) is 12.2. The van der Waals surface area contributed by atoms with Crippen molar-refractivity contribution in [1.82, 2.24) is 5.32 Å². The Bertz CT molecular complexity index is 735. The largest absolute Gasteiger partial charge is 0.495 e. The van der Waals surface area contributed by atoms with E-state index in [1.807, 2.05) is 0 Å². The molecule has 120 valence electrons. The Morgan fingerprint density at radius 3 is 2.57 bits per heavy atom. The number of ether oxygens (including phenoxy) is 1. The van der Waals surface area contributed by atoms with E-state index >= 15 is 0 Å². The van der Waals surface area contributed by atoms with E-state index in [4.69, 9.17) is 27.9 Å². The Morgan fingerprint density at radius 2 is 1.91 bits per heavy atom. The Labute approximate surface area is 143 Å². The molecule has 2 aromatic rings. The number of halogens is 2. The number of benzene rings is 2. The summed E-state index contributed by atoms with van der Waals surface area (Å²) in [6.45, 7) is -0.172. The maximum atomic E-state index is 11.9. The smallest absolute Gasteiger partial charge is 0.251 e. The van der Waals surface area contributed by atoms with Gasteiger partial charge in [-0.15, -0.1) is 0 Å². The molecule has 0 unspecified atom stereocenters. The van der Waals surface area contributed by atoms with Crippen LogP contribution in [0.3, 0.4) is 0 Å². The third-order valence-electron chi connectivity index (χ3n) is 2.93. The first-order chi connectivity index (χ1) is 11.0. The summed E-state index contributed by atoms with van der Waals surface area (Å²) in [6, 6.07) is 11.3. The van der Waals surface area contributed by atoms with E-state index in [9.17, 15) is 9.59 Å². The molecule has 5 nitrogen and oxygen atoms in total. The lowest BCUT2D eigenvalue weighted by molar-refractivity contribution is -0.115. The Kier molecular flexibility index (Phi) is 5.84. The number of carbonyl (C=O) groups excluding carboxylic acids is 2. The van der Waals surface area contributed by atoms with Crippen molar-refractivity contribution in [1.29, 1.82) is 0 Å². The SMILES string of the molecule is COc1ccc(NC(=O)CNC(=O)c2cccc(Cl)c2)cc1Cl. The van der Waals surface area contributed by atoms with Crippen molar-refractivity contribution in [3.05, 3.63) is 58.1 Å². The second-order valence-electron chi connectivity index (χ2n) is 4.59. The number of anilines is 1. The van der Waals surface area contributed by atoms with Gasteiger partial charge in [0.05, 0.1) is 18.7 Å². The summed E-state index contributed by atoms with van der Waals surface area (Å²) in [5.74, 6) is -0.240. The van der Waals surface area contributed by atoms with E-state index < -0.39 is 0 Å². The van der Waals surface area contributed by atoms with Crippen LogP contribution in [-0.4, -0.2) is 25.5 Å². The number of hydrogen-bond donors (Lipinski definition) is 2. The molecule has 0 bridgehead atoms. The fourth-order valence-corrected chi connectivity index (χ4v) is 2.29. The van der Waals surface area contributed by atoms with Gasteiger partial charge in [-0.3, -0.25) is 9.59 Å². The highest BCUT2D eigenvalue weighted by Gasteiger charge is 2.09. The maximum absolute atomic E-state index is 11.9. The van der Waals surface area contributed by atoms with Gasteiger partial charge in [-0.2, -0.15) is 0 Å². The first-order valence-corrected chi connectivity index (χ1v) is 7.42. The van der Waals surface area contributed by atoms with Crippen molar-refractivity contribution in [2.45, 2.75) is 0 Å². The van der Waals surface area contributed by atoms with Crippen molar-refractivity contribution < 1.29 is 14.3 Å². The average molecular weight is 353 g/mol. The Morgan fingerprint density at radius 1 is 1.13 bits per heavy atom. The van der Waals surface area contributed by atoms with Gasteiger partial charge in [0.15, 0.2) is 0 Å². The standard InChI is InChI=1S/C16H14Cl2N2O3/c1-23-14-6-5-12(8-13(14)18)20-15(21)9-19-16(22)10-3-2-4-11(17)7-10/h2-8H,9H2,1H3,(H,19,22)(H,20,21). The van der Waals surface area contributed by atoms with Gasteiger partial charge in [-0.05, 0) is 36.4 Å². The molecule has 2 rings (SSSR count). The first-order valence-electron chi connectivity index (χ1n) is 6.67. The second-order valence-corrected chi connectivity index (χ2v) is 5.43. The van der Waals surface area contributed by atoms with Crippen LogP contribution < -0.4 is 15.4 Å². The number of methoxy groups -OCH3 is 1. The molecule has 2 N–H and O–H groups in total. The predicted molar refractivity (Wildman–Crippen MR) is 90.4 cm³/mol. The van der Waals surface area contributed by atoms with E-state index in [-0.39, 0.29) is 18.4 Å². The van der Waals surface area contributed by atoms with E-state index in [1.54, 1.807) is 36.4 Å². The fourth-order valence-electron chi connectivity index (χ4n) is 1.84. The molecule has 0 aliphatic carbocycles. The van der Waals surface area contributed by atoms with Crippen molar-refractivity contribution in [3.8, 4) is 5.75 Å². The molecule has 2 aromatic carbocycles. The summed E-state index contributed by atoms with van der Waals surface area (Å²) in [6.07, 6.45) is 0. The molecule has 23 heavy (non-hydrogen) atoms. The van der Waals surface area contributed by atoms with Crippen molar-refractivity contribution in [2.75, 3.05) is 19.0 Å². The lowest BCUT2D eigenvalue weighted by atomic mass is 10.2. The number of amides is 2. The van der Waals surface area contributed by atoms with Crippen LogP contribution in [0.1, 0.15) is 10.4 Å². The molecule has 7 heteroatoms. The minimum Gasteiger partial charge on any atom is -0.495 e. The predicted octanol–water partition coefficient (Wildman–Crippen LogP) is 3.37. The van der Waals surface area contributed by atoms with E-state index in [0.717, 1.165) is 0 Å². The van der Waals surface area contributed by atoms with Crippen molar-refractivity contribution >= 4 is 40.7 Å². The maximum Gasteiger partial charge on any atom is 0.251 e. The van der Waals surface area contributed by atoms with Gasteiger partial charge in [0.1, 0.15) is 5.75 Å². The van der Waals surface area contributed by atoms with Crippen LogP contribution in [0.2, 0.25) is 10.0 Å². The normalized spacial score (nSPS) is 10.0. The van der Waals surface area contributed by atoms with Crippen LogP contribution in [-0.2, 0) is 4.79 Å². The first kappa shape index (κ1) is 17.1. The molecule has 0 saturated heterocycles. The van der Waals surface area contributed by atoms with Gasteiger partial charge in [-0.1, -0.05) is 29.3 Å². The van der Waals surface area contributed by atoms with Gasteiger partial charge in [-0.25, -0.2) is 0 Å². The summed E-state index contributed by atoms with van der Waals surface area (Å²) in [4.78, 5) is 23.8. The van der Waals surface area contributed by atoms with Crippen LogP contribution >= 0.6 is 23.2 Å². The molecule has 0 aromatic heterocycles. The molecule has 0 radical (unpaired) electrons. The molecule has 0 fully saturated rings. The second kappa shape index (κ2) is 7.85. The van der Waals surface area contributed by atoms with E-state index in [2.05, 4.69) is 10.6 Å². The van der Waals surface area contributed by atoms with Crippen molar-refractivity contribution in [3.63, 3.8) is 0 Å². The minimum atomic E-state index is -0.379. The van der Waals surface area contributed by atoms with Crippen LogP contribution in [0.5, 0.6) is 5.75 Å². The molecule has 0 spiro atoms. The number of carbonyl (C=O) groups is 2. The van der Waals surface area contributed by atoms with Gasteiger partial charge in [0.2, 0.25) is 5.91 Å². The molecule has 2 amide bonds. The molecular formula is C16H14Cl2N2O3. The molecular weight excluding hydrogens is 339 g/mol. The summed E-state index contributed by atoms with van der Waals surface area (Å²) >= 11 is 11.8. The minimum absolute atomic E-state index is 0.172. The van der Waals surface area contributed by atoms with Gasteiger partial charge >= 0.3 is 0 Å². The molecule has 0 heterocycles. The highest BCUT2D eigenvalue weighted by atomic mass is 35.5. The Hall–Kier alpha value is -2.24. The average Bonchev–Trinajstić information content (AvgIpc) is 2.53. The third-order valence-corrected chi connectivity index (χ3v) is 3.46. The number of rotatable bonds is 5. The monoisotopic (exact) mass is 352 g/mol. The molecule has 0 aliphatic rings. The van der Waals surface area contributed by atoms with Crippen LogP contribution in [0.4, 0.5) is 5.69 Å². The highest BCUT2D eigenvalue weighted by molar-refractivity contribution is 6.32. The number of hydrogen-bond acceptors (Lipinski definition) is 3. The quantitative estimate of drug-likeness (QED) is 0.866. The van der Waals surface area contributed by atoms with Gasteiger partial charge in [0.25, 0.3) is 5.91 Å². The summed E-state index contributed by atoms with van der Waals surface area (Å²) in [5, 5.41) is 5.98. The van der Waals surface area contributed by atoms with Gasteiger partial charge in [0, 0.05) is 16.3 Å².